The van der Waals surface area contributed by atoms with Crippen LogP contribution < -0.4 is 9.64 Å². The fourth-order valence-electron chi connectivity index (χ4n) is 3.00. The Morgan fingerprint density at radius 1 is 1.19 bits per heavy atom. The standard InChI is InChI=1S/C17H16BrFN6O4.C2HF3O2/c18-12-2-1-10(19)7-13(12)28-11-3-5-24(6-4-11)15-8-14(29-22-15)17-20-23-25(21-17)9-16(26)27;3-2(4,5)1(6)7/h1-2,7-8,11H,3-6,9H2,(H,26,27);(H,6,7). The maximum Gasteiger partial charge on any atom is 0.490 e. The Bertz CT molecular complexity index is 1210. The minimum Gasteiger partial charge on any atom is -0.489 e. The first kappa shape index (κ1) is 26.8. The number of benzene rings is 1. The van der Waals surface area contributed by atoms with Gasteiger partial charge in [0.25, 0.3) is 0 Å². The molecule has 0 atom stereocenters. The predicted octanol–water partition coefficient (Wildman–Crippen LogP) is 3.00. The van der Waals surface area contributed by atoms with Crippen molar-refractivity contribution in [3.63, 3.8) is 0 Å². The van der Waals surface area contributed by atoms with Crippen molar-refractivity contribution in [2.45, 2.75) is 31.7 Å². The van der Waals surface area contributed by atoms with Crippen molar-refractivity contribution in [2.24, 2.45) is 0 Å². The summed E-state index contributed by atoms with van der Waals surface area (Å²) in [5.74, 6) is -2.58. The summed E-state index contributed by atoms with van der Waals surface area (Å²) in [6.07, 6.45) is -3.65. The lowest BCUT2D eigenvalue weighted by Gasteiger charge is -2.32. The minimum atomic E-state index is -5.08. The van der Waals surface area contributed by atoms with Gasteiger partial charge in [-0.2, -0.15) is 18.0 Å². The second-order valence-corrected chi connectivity index (χ2v) is 8.12. The Morgan fingerprint density at radius 3 is 2.47 bits per heavy atom. The summed E-state index contributed by atoms with van der Waals surface area (Å²) in [6.45, 7) is 0.981. The number of aromatic nitrogens is 5. The second kappa shape index (κ2) is 11.3. The van der Waals surface area contributed by atoms with Gasteiger partial charge < -0.3 is 24.4 Å². The molecule has 1 fully saturated rings. The Balaban J connectivity index is 0.000000454. The average molecular weight is 581 g/mol. The number of hydrogen-bond acceptors (Lipinski definition) is 9. The van der Waals surface area contributed by atoms with Crippen LogP contribution in [0.1, 0.15) is 12.8 Å². The highest BCUT2D eigenvalue weighted by Gasteiger charge is 2.38. The maximum absolute atomic E-state index is 13.4. The molecule has 3 heterocycles. The number of nitrogens with zero attached hydrogens (tertiary/aromatic N) is 6. The lowest BCUT2D eigenvalue weighted by Crippen LogP contribution is -2.38. The Kier molecular flexibility index (Phi) is 8.44. The van der Waals surface area contributed by atoms with Gasteiger partial charge in [0.2, 0.25) is 11.6 Å². The summed E-state index contributed by atoms with van der Waals surface area (Å²) < 4.78 is 57.1. The molecule has 0 saturated carbocycles. The number of hydrogen-bond donors (Lipinski definition) is 2. The molecule has 17 heteroatoms. The monoisotopic (exact) mass is 580 g/mol. The quantitative estimate of drug-likeness (QED) is 0.413. The molecule has 2 N–H and O–H groups in total. The number of piperidine rings is 1. The van der Waals surface area contributed by atoms with Crippen molar-refractivity contribution in [2.75, 3.05) is 18.0 Å². The molecule has 1 saturated heterocycles. The molecule has 1 aliphatic rings. The van der Waals surface area contributed by atoms with Crippen LogP contribution in [0.25, 0.3) is 11.6 Å². The number of ether oxygens (including phenoxy) is 1. The topological polar surface area (TPSA) is 157 Å². The van der Waals surface area contributed by atoms with Crippen LogP contribution in [0.2, 0.25) is 0 Å². The SMILES string of the molecule is O=C(O)C(F)(F)F.O=C(O)Cn1nnc(-c2cc(N3CCC(Oc4cc(F)ccc4Br)CC3)no2)n1. The highest BCUT2D eigenvalue weighted by molar-refractivity contribution is 9.10. The molecule has 2 aromatic heterocycles. The third kappa shape index (κ3) is 7.37. The summed E-state index contributed by atoms with van der Waals surface area (Å²) >= 11 is 3.37. The van der Waals surface area contributed by atoms with Crippen LogP contribution in [-0.2, 0) is 16.1 Å². The molecule has 0 radical (unpaired) electrons. The van der Waals surface area contributed by atoms with Gasteiger partial charge in [-0.15, -0.1) is 10.2 Å². The lowest BCUT2D eigenvalue weighted by molar-refractivity contribution is -0.192. The van der Waals surface area contributed by atoms with E-state index in [9.17, 15) is 22.4 Å². The van der Waals surface area contributed by atoms with E-state index in [1.165, 1.54) is 12.1 Å². The van der Waals surface area contributed by atoms with E-state index in [2.05, 4.69) is 36.5 Å². The van der Waals surface area contributed by atoms with Crippen LogP contribution in [0.15, 0.2) is 33.3 Å². The van der Waals surface area contributed by atoms with E-state index < -0.39 is 18.1 Å². The van der Waals surface area contributed by atoms with Crippen molar-refractivity contribution in [1.82, 2.24) is 25.4 Å². The molecule has 0 bridgehead atoms. The van der Waals surface area contributed by atoms with Crippen molar-refractivity contribution in [3.8, 4) is 17.3 Å². The molecule has 3 aromatic rings. The highest BCUT2D eigenvalue weighted by atomic mass is 79.9. The molecule has 0 amide bonds. The smallest absolute Gasteiger partial charge is 0.489 e. The van der Waals surface area contributed by atoms with Crippen molar-refractivity contribution in [3.05, 3.63) is 34.6 Å². The van der Waals surface area contributed by atoms with Gasteiger partial charge in [-0.05, 0) is 33.3 Å². The molecule has 0 unspecified atom stereocenters. The second-order valence-electron chi connectivity index (χ2n) is 7.27. The number of carbonyl (C=O) groups is 2. The number of anilines is 1. The van der Waals surface area contributed by atoms with Crippen LogP contribution in [0, 0.1) is 5.82 Å². The van der Waals surface area contributed by atoms with E-state index >= 15 is 0 Å². The van der Waals surface area contributed by atoms with Gasteiger partial charge in [-0.1, -0.05) is 5.16 Å². The van der Waals surface area contributed by atoms with Crippen molar-refractivity contribution in [1.29, 1.82) is 0 Å². The first-order valence-electron chi connectivity index (χ1n) is 10.1. The fourth-order valence-corrected chi connectivity index (χ4v) is 3.34. The van der Waals surface area contributed by atoms with E-state index in [1.54, 1.807) is 12.1 Å². The third-order valence-electron chi connectivity index (χ3n) is 4.64. The maximum atomic E-state index is 13.4. The van der Waals surface area contributed by atoms with E-state index in [1.807, 2.05) is 4.90 Å². The van der Waals surface area contributed by atoms with E-state index in [0.717, 1.165) is 17.6 Å². The normalized spacial score (nSPS) is 14.2. The Morgan fingerprint density at radius 2 is 1.86 bits per heavy atom. The van der Waals surface area contributed by atoms with Gasteiger partial charge in [0, 0.05) is 38.1 Å². The van der Waals surface area contributed by atoms with Gasteiger partial charge in [0.15, 0.2) is 12.4 Å². The van der Waals surface area contributed by atoms with Gasteiger partial charge in [0.05, 0.1) is 4.47 Å². The van der Waals surface area contributed by atoms with Gasteiger partial charge in [-0.3, -0.25) is 4.79 Å². The van der Waals surface area contributed by atoms with E-state index in [0.29, 0.717) is 34.9 Å². The molecule has 4 rings (SSSR count). The number of carboxylic acids is 2. The molecule has 36 heavy (non-hydrogen) atoms. The summed E-state index contributed by atoms with van der Waals surface area (Å²) in [6, 6.07) is 6.05. The molecule has 1 aromatic carbocycles. The Hall–Kier alpha value is -3.76. The average Bonchev–Trinajstić information content (AvgIpc) is 3.46. The van der Waals surface area contributed by atoms with Gasteiger partial charge in [0.1, 0.15) is 17.7 Å². The summed E-state index contributed by atoms with van der Waals surface area (Å²) in [5.41, 5.74) is 0. The van der Waals surface area contributed by atoms with Crippen LogP contribution in [-0.4, -0.2) is 72.9 Å². The molecule has 1 aliphatic heterocycles. The van der Waals surface area contributed by atoms with Gasteiger partial charge >= 0.3 is 18.1 Å². The molecule has 0 spiro atoms. The summed E-state index contributed by atoms with van der Waals surface area (Å²) in [4.78, 5) is 22.6. The molecule has 12 nitrogen and oxygen atoms in total. The highest BCUT2D eigenvalue weighted by Crippen LogP contribution is 2.30. The summed E-state index contributed by atoms with van der Waals surface area (Å²) in [7, 11) is 0. The van der Waals surface area contributed by atoms with Crippen LogP contribution in [0.3, 0.4) is 0 Å². The van der Waals surface area contributed by atoms with Crippen LogP contribution in [0.4, 0.5) is 23.4 Å². The van der Waals surface area contributed by atoms with Crippen LogP contribution in [0.5, 0.6) is 5.75 Å². The molecular weight excluding hydrogens is 564 g/mol. The third-order valence-corrected chi connectivity index (χ3v) is 5.30. The predicted molar refractivity (Wildman–Crippen MR) is 115 cm³/mol. The van der Waals surface area contributed by atoms with Crippen molar-refractivity contribution < 1.29 is 46.6 Å². The zero-order valence-electron chi connectivity index (χ0n) is 18.0. The molecule has 0 aliphatic carbocycles. The molecular formula is C19H17BrF4N6O6. The minimum absolute atomic E-state index is 0.0340. The number of aliphatic carboxylic acids is 2. The number of tetrazole rings is 1. The number of rotatable bonds is 6. The fraction of sp³-hybridized carbons (Fsp3) is 0.368. The number of halogens is 5. The first-order valence-corrected chi connectivity index (χ1v) is 10.8. The largest absolute Gasteiger partial charge is 0.490 e. The van der Waals surface area contributed by atoms with E-state index in [4.69, 9.17) is 24.3 Å². The van der Waals surface area contributed by atoms with Gasteiger partial charge in [-0.25, -0.2) is 9.18 Å². The van der Waals surface area contributed by atoms with E-state index in [-0.39, 0.29) is 24.3 Å². The number of carboxylic acid groups (broad SMARTS) is 2. The first-order chi connectivity index (χ1) is 16.9. The molecule has 194 valence electrons. The zero-order valence-corrected chi connectivity index (χ0v) is 19.6. The Labute approximate surface area is 207 Å². The zero-order chi connectivity index (χ0) is 26.5. The number of alkyl halides is 3. The van der Waals surface area contributed by atoms with Crippen LogP contribution >= 0.6 is 15.9 Å². The lowest BCUT2D eigenvalue weighted by atomic mass is 10.1. The summed E-state index contributed by atoms with van der Waals surface area (Å²) in [5, 5.41) is 31.3. The van der Waals surface area contributed by atoms with Crippen molar-refractivity contribution >= 4 is 33.7 Å².